The number of rotatable bonds is 5. The average Bonchev–Trinajstić information content (AvgIpc) is 2.84. The molecule has 1 heterocycles. The number of aryl methyl sites for hydroxylation is 2. The van der Waals surface area contributed by atoms with Crippen LogP contribution in [0.3, 0.4) is 0 Å². The van der Waals surface area contributed by atoms with Gasteiger partial charge in [0.15, 0.2) is 6.10 Å². The Labute approximate surface area is 208 Å². The van der Waals surface area contributed by atoms with Gasteiger partial charge in [0, 0.05) is 5.69 Å². The molecule has 1 N–H and O–H groups in total. The summed E-state index contributed by atoms with van der Waals surface area (Å²) in [6.07, 6.45) is -0.249. The number of ether oxygens (including phenoxy) is 1. The summed E-state index contributed by atoms with van der Waals surface area (Å²) in [5.74, 6) is -0.0165. The summed E-state index contributed by atoms with van der Waals surface area (Å²) in [4.78, 5) is 13.5. The van der Waals surface area contributed by atoms with Crippen molar-refractivity contribution in [3.05, 3.63) is 83.4 Å². The highest BCUT2D eigenvalue weighted by molar-refractivity contribution is 7.92. The van der Waals surface area contributed by atoms with Gasteiger partial charge >= 0.3 is 0 Å². The van der Waals surface area contributed by atoms with Crippen LogP contribution in [0, 0.1) is 6.92 Å². The number of amides is 1. The van der Waals surface area contributed by atoms with E-state index < -0.39 is 16.1 Å². The predicted octanol–water partition coefficient (Wildman–Crippen LogP) is 5.45. The van der Waals surface area contributed by atoms with Crippen LogP contribution < -0.4 is 14.4 Å². The first-order valence-electron chi connectivity index (χ1n) is 11.8. The fraction of sp³-hybridized carbons (Fsp3) is 0.321. The maximum absolute atomic E-state index is 13.7. The molecule has 0 aromatic heterocycles. The van der Waals surface area contributed by atoms with E-state index in [2.05, 4.69) is 26.1 Å². The molecule has 0 aliphatic carbocycles. The van der Waals surface area contributed by atoms with Gasteiger partial charge < -0.3 is 10.1 Å². The van der Waals surface area contributed by atoms with Gasteiger partial charge in [-0.2, -0.15) is 0 Å². The molecule has 35 heavy (non-hydrogen) atoms. The molecule has 0 fully saturated rings. The molecule has 1 aliphatic heterocycles. The zero-order valence-corrected chi connectivity index (χ0v) is 21.6. The minimum absolute atomic E-state index is 0.128. The van der Waals surface area contributed by atoms with Crippen LogP contribution in [-0.2, 0) is 26.7 Å². The second kappa shape index (κ2) is 9.38. The molecule has 6 nitrogen and oxygen atoms in total. The number of sulfonamides is 1. The Bertz CT molecular complexity index is 1350. The molecular weight excluding hydrogens is 460 g/mol. The van der Waals surface area contributed by atoms with Crippen LogP contribution in [0.15, 0.2) is 71.6 Å². The van der Waals surface area contributed by atoms with Crippen molar-refractivity contribution in [2.24, 2.45) is 0 Å². The molecule has 4 rings (SSSR count). The lowest BCUT2D eigenvalue weighted by Crippen LogP contribution is -2.49. The second-order valence-corrected chi connectivity index (χ2v) is 11.7. The van der Waals surface area contributed by atoms with Gasteiger partial charge in [0.2, 0.25) is 0 Å². The number of anilines is 2. The standard InChI is InChI=1S/C28H32N2O4S/c1-6-20-12-10-11-19(2)26(20)29-27(31)25-18-30(35(32,33)22-13-8-7-9-14-22)23-17-21(28(3,4)5)15-16-24(23)34-25/h7-17,25H,6,18H2,1-5H3,(H,29,31)/t25-/m0/s1. The number of nitrogens with one attached hydrogen (secondary N) is 1. The highest BCUT2D eigenvalue weighted by Gasteiger charge is 2.38. The first kappa shape index (κ1) is 24.8. The summed E-state index contributed by atoms with van der Waals surface area (Å²) in [6, 6.07) is 19.7. The summed E-state index contributed by atoms with van der Waals surface area (Å²) in [6.45, 7) is 10.0. The first-order chi connectivity index (χ1) is 16.5. The van der Waals surface area contributed by atoms with Gasteiger partial charge in [-0.25, -0.2) is 8.42 Å². The van der Waals surface area contributed by atoms with E-state index in [1.165, 1.54) is 4.31 Å². The lowest BCUT2D eigenvalue weighted by atomic mass is 9.86. The van der Waals surface area contributed by atoms with Gasteiger partial charge in [0.25, 0.3) is 15.9 Å². The van der Waals surface area contributed by atoms with E-state index in [-0.39, 0.29) is 22.8 Å². The van der Waals surface area contributed by atoms with Gasteiger partial charge in [-0.15, -0.1) is 0 Å². The molecule has 7 heteroatoms. The maximum atomic E-state index is 13.7. The van der Waals surface area contributed by atoms with Gasteiger partial charge in [-0.05, 0) is 59.7 Å². The van der Waals surface area contributed by atoms with Crippen molar-refractivity contribution >= 4 is 27.3 Å². The minimum atomic E-state index is -3.92. The van der Waals surface area contributed by atoms with Crippen molar-refractivity contribution in [3.63, 3.8) is 0 Å². The third-order valence-electron chi connectivity index (χ3n) is 6.31. The molecule has 0 unspecified atom stereocenters. The van der Waals surface area contributed by atoms with Crippen LogP contribution >= 0.6 is 0 Å². The van der Waals surface area contributed by atoms with E-state index in [0.717, 1.165) is 28.8 Å². The van der Waals surface area contributed by atoms with Crippen LogP contribution in [-0.4, -0.2) is 27.0 Å². The molecule has 0 bridgehead atoms. The molecule has 3 aromatic carbocycles. The number of carbonyl (C=O) groups excluding carboxylic acids is 1. The summed E-state index contributed by atoms with van der Waals surface area (Å²) in [7, 11) is -3.92. The van der Waals surface area contributed by atoms with E-state index >= 15 is 0 Å². The van der Waals surface area contributed by atoms with Gasteiger partial charge in [-0.3, -0.25) is 9.10 Å². The molecule has 1 atom stereocenters. The van der Waals surface area contributed by atoms with Gasteiger partial charge in [0.05, 0.1) is 17.1 Å². The quantitative estimate of drug-likeness (QED) is 0.514. The summed E-state index contributed by atoms with van der Waals surface area (Å²) in [5, 5.41) is 2.99. The van der Waals surface area contributed by atoms with Crippen LogP contribution in [0.2, 0.25) is 0 Å². The fourth-order valence-corrected chi connectivity index (χ4v) is 5.70. The molecule has 0 saturated carbocycles. The van der Waals surface area contributed by atoms with Gasteiger partial charge in [-0.1, -0.05) is 70.2 Å². The largest absolute Gasteiger partial charge is 0.476 e. The van der Waals surface area contributed by atoms with Crippen molar-refractivity contribution in [2.75, 3.05) is 16.2 Å². The van der Waals surface area contributed by atoms with Crippen molar-refractivity contribution in [3.8, 4) is 5.75 Å². The zero-order valence-electron chi connectivity index (χ0n) is 20.8. The number of benzene rings is 3. The molecule has 184 valence electrons. The van der Waals surface area contributed by atoms with Crippen molar-refractivity contribution in [1.29, 1.82) is 0 Å². The number of fused-ring (bicyclic) bond motifs is 1. The summed E-state index contributed by atoms with van der Waals surface area (Å²) >= 11 is 0. The molecule has 3 aromatic rings. The smallest absolute Gasteiger partial charge is 0.267 e. The van der Waals surface area contributed by atoms with Crippen molar-refractivity contribution < 1.29 is 17.9 Å². The average molecular weight is 493 g/mol. The predicted molar refractivity (Wildman–Crippen MR) is 140 cm³/mol. The number of carbonyl (C=O) groups is 1. The van der Waals surface area contributed by atoms with Crippen LogP contribution in [0.5, 0.6) is 5.75 Å². The number of nitrogens with zero attached hydrogens (tertiary/aromatic N) is 1. The Kier molecular flexibility index (Phi) is 6.64. The topological polar surface area (TPSA) is 75.7 Å². The van der Waals surface area contributed by atoms with E-state index in [4.69, 9.17) is 4.74 Å². The third kappa shape index (κ3) is 4.91. The number of hydrogen-bond acceptors (Lipinski definition) is 4. The minimum Gasteiger partial charge on any atom is -0.476 e. The third-order valence-corrected chi connectivity index (χ3v) is 8.10. The summed E-state index contributed by atoms with van der Waals surface area (Å²) < 4.78 is 34.9. The van der Waals surface area contributed by atoms with E-state index in [9.17, 15) is 13.2 Å². The first-order valence-corrected chi connectivity index (χ1v) is 13.2. The Balaban J connectivity index is 1.75. The monoisotopic (exact) mass is 492 g/mol. The highest BCUT2D eigenvalue weighted by Crippen LogP contribution is 2.40. The fourth-order valence-electron chi connectivity index (χ4n) is 4.21. The van der Waals surface area contributed by atoms with E-state index in [0.29, 0.717) is 11.4 Å². The van der Waals surface area contributed by atoms with Gasteiger partial charge in [0.1, 0.15) is 5.75 Å². The van der Waals surface area contributed by atoms with Crippen LogP contribution in [0.25, 0.3) is 0 Å². The van der Waals surface area contributed by atoms with E-state index in [1.54, 1.807) is 36.4 Å². The SMILES string of the molecule is CCc1cccc(C)c1NC(=O)[C@@H]1CN(S(=O)(=O)c2ccccc2)c2cc(C(C)(C)C)ccc2O1. The second-order valence-electron chi connectivity index (χ2n) is 9.84. The Morgan fingerprint density at radius 3 is 2.43 bits per heavy atom. The lowest BCUT2D eigenvalue weighted by Gasteiger charge is -2.36. The van der Waals surface area contributed by atoms with Crippen LogP contribution in [0.4, 0.5) is 11.4 Å². The Morgan fingerprint density at radius 2 is 1.77 bits per heavy atom. The molecule has 0 spiro atoms. The molecule has 0 radical (unpaired) electrons. The Hall–Kier alpha value is -3.32. The van der Waals surface area contributed by atoms with Crippen molar-refractivity contribution in [2.45, 2.75) is 57.5 Å². The van der Waals surface area contributed by atoms with Crippen molar-refractivity contribution in [1.82, 2.24) is 0 Å². The van der Waals surface area contributed by atoms with E-state index in [1.807, 2.05) is 44.2 Å². The molecule has 1 aliphatic rings. The van der Waals surface area contributed by atoms with Crippen LogP contribution in [0.1, 0.15) is 44.4 Å². The zero-order chi connectivity index (χ0) is 25.4. The molecule has 0 saturated heterocycles. The summed E-state index contributed by atoms with van der Waals surface area (Å²) in [5.41, 5.74) is 3.93. The maximum Gasteiger partial charge on any atom is 0.267 e. The lowest BCUT2D eigenvalue weighted by molar-refractivity contribution is -0.122. The number of para-hydroxylation sites is 1. The normalized spacial score (nSPS) is 15.8. The molecular formula is C28H32N2O4S. The Morgan fingerprint density at radius 1 is 1.06 bits per heavy atom. The molecule has 1 amide bonds. The number of hydrogen-bond donors (Lipinski definition) is 1. The highest BCUT2D eigenvalue weighted by atomic mass is 32.2.